The second-order valence-electron chi connectivity index (χ2n) is 13.5. The summed E-state index contributed by atoms with van der Waals surface area (Å²) < 4.78 is 2.38. The zero-order valence-electron chi connectivity index (χ0n) is 23.8. The van der Waals surface area contributed by atoms with Crippen LogP contribution in [0.1, 0.15) is 111 Å². The summed E-state index contributed by atoms with van der Waals surface area (Å²) in [6, 6.07) is 0. The van der Waals surface area contributed by atoms with E-state index in [0.717, 1.165) is 22.7 Å². The second kappa shape index (κ2) is 9.19. The highest BCUT2D eigenvalue weighted by Gasteiger charge is 2.26. The molecule has 4 aromatic heterocycles. The molecule has 0 amide bonds. The van der Waals surface area contributed by atoms with Crippen LogP contribution in [-0.4, -0.2) is 19.9 Å². The molecule has 0 aromatic carbocycles. The van der Waals surface area contributed by atoms with E-state index in [4.69, 9.17) is 9.97 Å². The largest absolute Gasteiger partial charge is 0.239 e. The number of fused-ring (bicyclic) bond motifs is 2. The van der Waals surface area contributed by atoms with Gasteiger partial charge in [-0.25, -0.2) is 19.9 Å². The van der Waals surface area contributed by atoms with E-state index >= 15 is 0 Å². The molecule has 0 unspecified atom stereocenters. The SMILES string of the molecule is CC(C)(C)c1ncc2scc(C(C)(C)C)c2n1.Cc1sc2cnc(C(C)(C)C)nc2c1C(C)(C)C. The third-order valence-electron chi connectivity index (χ3n) is 5.82. The van der Waals surface area contributed by atoms with Crippen LogP contribution in [0, 0.1) is 6.92 Å². The van der Waals surface area contributed by atoms with Crippen molar-refractivity contribution in [1.29, 1.82) is 0 Å². The van der Waals surface area contributed by atoms with Gasteiger partial charge in [0, 0.05) is 28.1 Å². The smallest absolute Gasteiger partial charge is 0.134 e. The summed E-state index contributed by atoms with van der Waals surface area (Å²) in [5.41, 5.74) is 5.24. The van der Waals surface area contributed by atoms with Crippen molar-refractivity contribution in [1.82, 2.24) is 19.9 Å². The van der Waals surface area contributed by atoms with Crippen molar-refractivity contribution in [3.05, 3.63) is 45.4 Å². The fourth-order valence-electron chi connectivity index (χ4n) is 3.97. The topological polar surface area (TPSA) is 51.6 Å². The molecule has 0 aliphatic rings. The van der Waals surface area contributed by atoms with Gasteiger partial charge in [-0.2, -0.15) is 0 Å². The molecule has 0 spiro atoms. The fourth-order valence-corrected chi connectivity index (χ4v) is 6.25. The molecule has 0 atom stereocenters. The van der Waals surface area contributed by atoms with Gasteiger partial charge in [0.05, 0.1) is 20.4 Å². The maximum absolute atomic E-state index is 4.83. The van der Waals surface area contributed by atoms with Crippen molar-refractivity contribution >= 4 is 43.1 Å². The molecule has 4 heterocycles. The number of aryl methyl sites for hydroxylation is 1. The van der Waals surface area contributed by atoms with E-state index in [1.54, 1.807) is 22.7 Å². The van der Waals surface area contributed by atoms with Crippen molar-refractivity contribution in [3.63, 3.8) is 0 Å². The summed E-state index contributed by atoms with van der Waals surface area (Å²) >= 11 is 3.54. The Morgan fingerprint density at radius 3 is 1.54 bits per heavy atom. The molecule has 0 saturated heterocycles. The first-order chi connectivity index (χ1) is 15.8. The van der Waals surface area contributed by atoms with Gasteiger partial charge >= 0.3 is 0 Å². The molecule has 190 valence electrons. The minimum Gasteiger partial charge on any atom is -0.239 e. The van der Waals surface area contributed by atoms with Crippen LogP contribution >= 0.6 is 22.7 Å². The lowest BCUT2D eigenvalue weighted by Crippen LogP contribution is -2.17. The minimum atomic E-state index is -0.000808. The van der Waals surface area contributed by atoms with Crippen LogP contribution in [0.15, 0.2) is 17.8 Å². The first-order valence-electron chi connectivity index (χ1n) is 12.3. The van der Waals surface area contributed by atoms with Crippen LogP contribution in [0.2, 0.25) is 0 Å². The Labute approximate surface area is 219 Å². The molecule has 0 radical (unpaired) electrons. The molecule has 0 bridgehead atoms. The zero-order valence-corrected chi connectivity index (χ0v) is 25.5. The van der Waals surface area contributed by atoms with Crippen LogP contribution in [0.4, 0.5) is 0 Å². The van der Waals surface area contributed by atoms with Gasteiger partial charge in [0.1, 0.15) is 11.6 Å². The summed E-state index contributed by atoms with van der Waals surface area (Å²) in [5.74, 6) is 1.85. The zero-order chi connectivity index (χ0) is 26.6. The number of hydrogen-bond donors (Lipinski definition) is 0. The number of rotatable bonds is 0. The Balaban J connectivity index is 0.000000196. The average Bonchev–Trinajstić information content (AvgIpc) is 3.25. The normalized spacial score (nSPS) is 13.3. The Hall–Kier alpha value is -1.92. The van der Waals surface area contributed by atoms with Gasteiger partial charge in [0.2, 0.25) is 0 Å². The minimum absolute atomic E-state index is 0.000808. The highest BCUT2D eigenvalue weighted by Crippen LogP contribution is 2.38. The molecule has 0 fully saturated rings. The summed E-state index contributed by atoms with van der Waals surface area (Å²) in [6.45, 7) is 28.5. The Kier molecular flexibility index (Phi) is 7.26. The van der Waals surface area contributed by atoms with Crippen molar-refractivity contribution in [3.8, 4) is 0 Å². The van der Waals surface area contributed by atoms with E-state index in [1.165, 1.54) is 25.4 Å². The van der Waals surface area contributed by atoms with Crippen LogP contribution in [0.5, 0.6) is 0 Å². The van der Waals surface area contributed by atoms with E-state index in [9.17, 15) is 0 Å². The Morgan fingerprint density at radius 1 is 0.600 bits per heavy atom. The molecular formula is C29H42N4S2. The van der Waals surface area contributed by atoms with Crippen molar-refractivity contribution in [2.24, 2.45) is 0 Å². The molecule has 0 aliphatic heterocycles. The molecular weight excluding hydrogens is 468 g/mol. The third-order valence-corrected chi connectivity index (χ3v) is 7.76. The van der Waals surface area contributed by atoms with Crippen LogP contribution in [0.25, 0.3) is 20.4 Å². The van der Waals surface area contributed by atoms with Gasteiger partial charge in [0.15, 0.2) is 0 Å². The van der Waals surface area contributed by atoms with Gasteiger partial charge in [-0.1, -0.05) is 83.1 Å². The predicted molar refractivity (Wildman–Crippen MR) is 154 cm³/mol. The quantitative estimate of drug-likeness (QED) is 0.237. The maximum atomic E-state index is 4.83. The summed E-state index contributed by atoms with van der Waals surface area (Å²) in [5, 5.41) is 2.21. The number of nitrogens with zero attached hydrogens (tertiary/aromatic N) is 4. The summed E-state index contributed by atoms with van der Waals surface area (Å²) in [4.78, 5) is 20.0. The Morgan fingerprint density at radius 2 is 1.09 bits per heavy atom. The molecule has 35 heavy (non-hydrogen) atoms. The molecule has 4 nitrogen and oxygen atoms in total. The molecule has 4 rings (SSSR count). The second-order valence-corrected chi connectivity index (χ2v) is 15.7. The highest BCUT2D eigenvalue weighted by atomic mass is 32.1. The van der Waals surface area contributed by atoms with Crippen LogP contribution in [-0.2, 0) is 21.7 Å². The van der Waals surface area contributed by atoms with Gasteiger partial charge in [-0.15, -0.1) is 22.7 Å². The number of aromatic nitrogens is 4. The van der Waals surface area contributed by atoms with E-state index < -0.39 is 0 Å². The molecule has 0 N–H and O–H groups in total. The lowest BCUT2D eigenvalue weighted by atomic mass is 9.86. The first-order valence-corrected chi connectivity index (χ1v) is 14.0. The van der Waals surface area contributed by atoms with Gasteiger partial charge in [-0.05, 0) is 34.3 Å². The molecule has 0 saturated carbocycles. The van der Waals surface area contributed by atoms with Crippen molar-refractivity contribution < 1.29 is 0 Å². The molecule has 4 aromatic rings. The molecule has 6 heteroatoms. The lowest BCUT2D eigenvalue weighted by Gasteiger charge is -2.20. The predicted octanol–water partition coefficient (Wildman–Crippen LogP) is 8.88. The van der Waals surface area contributed by atoms with Gasteiger partial charge in [-0.3, -0.25) is 0 Å². The monoisotopic (exact) mass is 510 g/mol. The van der Waals surface area contributed by atoms with Crippen molar-refractivity contribution in [2.75, 3.05) is 0 Å². The van der Waals surface area contributed by atoms with E-state index in [1.807, 2.05) is 12.4 Å². The lowest BCUT2D eigenvalue weighted by molar-refractivity contribution is 0.546. The highest BCUT2D eigenvalue weighted by molar-refractivity contribution is 7.19. The van der Waals surface area contributed by atoms with Crippen LogP contribution < -0.4 is 0 Å². The Bertz CT molecular complexity index is 1330. The van der Waals surface area contributed by atoms with Crippen molar-refractivity contribution in [2.45, 2.75) is 112 Å². The fraction of sp³-hybridized carbons (Fsp3) is 0.586. The molecule has 0 aliphatic carbocycles. The van der Waals surface area contributed by atoms with Gasteiger partial charge in [0.25, 0.3) is 0 Å². The number of hydrogen-bond acceptors (Lipinski definition) is 6. The summed E-state index contributed by atoms with van der Waals surface area (Å²) in [7, 11) is 0. The maximum Gasteiger partial charge on any atom is 0.134 e. The van der Waals surface area contributed by atoms with E-state index in [-0.39, 0.29) is 21.7 Å². The van der Waals surface area contributed by atoms with Gasteiger partial charge < -0.3 is 0 Å². The third kappa shape index (κ3) is 6.08. The van der Waals surface area contributed by atoms with Crippen LogP contribution in [0.3, 0.4) is 0 Å². The first kappa shape index (κ1) is 27.7. The average molecular weight is 511 g/mol. The van der Waals surface area contributed by atoms with E-state index in [0.29, 0.717) is 0 Å². The standard InChI is InChI=1S/C15H22N2S.C14H20N2S/c1-9-11(14(2,3)4)12-10(18-9)8-16-13(17-12)15(5,6)7;1-13(2,3)9-8-17-10-7-15-12(14(4,5)6)16-11(9)10/h8H,1-7H3;7-8H,1-6H3. The summed E-state index contributed by atoms with van der Waals surface area (Å²) in [6.07, 6.45) is 3.94. The van der Waals surface area contributed by atoms with E-state index in [2.05, 4.69) is 105 Å². The number of thiophene rings is 2.